The fraction of sp³-hybridized carbons (Fsp3) is 0.500. The van der Waals surface area contributed by atoms with Crippen LogP contribution < -0.4 is 0 Å². The van der Waals surface area contributed by atoms with Gasteiger partial charge in [0.25, 0.3) is 0 Å². The van der Waals surface area contributed by atoms with Gasteiger partial charge in [0.1, 0.15) is 5.82 Å². The lowest BCUT2D eigenvalue weighted by Crippen LogP contribution is -1.99. The van der Waals surface area contributed by atoms with Crippen molar-refractivity contribution in [3.05, 3.63) is 29.6 Å². The highest BCUT2D eigenvalue weighted by molar-refractivity contribution is 7.99. The SMILES string of the molecule is COCCCSc1cccc(F)c1C(C)O. The Balaban J connectivity index is 2.67. The molecule has 0 aliphatic heterocycles. The van der Waals surface area contributed by atoms with E-state index >= 15 is 0 Å². The van der Waals surface area contributed by atoms with Gasteiger partial charge in [-0.3, -0.25) is 0 Å². The summed E-state index contributed by atoms with van der Waals surface area (Å²) in [7, 11) is 1.66. The molecule has 0 aliphatic rings. The quantitative estimate of drug-likeness (QED) is 0.616. The molecule has 0 radical (unpaired) electrons. The number of benzene rings is 1. The highest BCUT2D eigenvalue weighted by Crippen LogP contribution is 2.29. The largest absolute Gasteiger partial charge is 0.389 e. The molecule has 0 amide bonds. The van der Waals surface area contributed by atoms with Gasteiger partial charge in [-0.2, -0.15) is 0 Å². The second-order valence-electron chi connectivity index (χ2n) is 3.52. The maximum atomic E-state index is 13.5. The molecule has 1 aromatic carbocycles. The molecule has 0 aliphatic carbocycles. The van der Waals surface area contributed by atoms with Gasteiger partial charge in [0.05, 0.1) is 6.10 Å². The maximum absolute atomic E-state index is 13.5. The first kappa shape index (κ1) is 13.5. The van der Waals surface area contributed by atoms with Crippen molar-refractivity contribution in [3.63, 3.8) is 0 Å². The lowest BCUT2D eigenvalue weighted by molar-refractivity contribution is 0.191. The van der Waals surface area contributed by atoms with E-state index in [9.17, 15) is 9.50 Å². The number of aliphatic hydroxyl groups is 1. The lowest BCUT2D eigenvalue weighted by Gasteiger charge is -2.12. The molecule has 1 atom stereocenters. The third kappa shape index (κ3) is 3.77. The molecule has 1 unspecified atom stereocenters. The smallest absolute Gasteiger partial charge is 0.130 e. The van der Waals surface area contributed by atoms with Crippen molar-refractivity contribution in [1.29, 1.82) is 0 Å². The topological polar surface area (TPSA) is 29.5 Å². The summed E-state index contributed by atoms with van der Waals surface area (Å²) in [6.45, 7) is 2.28. The lowest BCUT2D eigenvalue weighted by atomic mass is 10.1. The van der Waals surface area contributed by atoms with Crippen molar-refractivity contribution in [2.24, 2.45) is 0 Å². The van der Waals surface area contributed by atoms with Crippen LogP contribution >= 0.6 is 11.8 Å². The van der Waals surface area contributed by atoms with Crippen LogP contribution in [0.25, 0.3) is 0 Å². The van der Waals surface area contributed by atoms with Crippen LogP contribution in [0, 0.1) is 5.82 Å². The minimum Gasteiger partial charge on any atom is -0.389 e. The van der Waals surface area contributed by atoms with Gasteiger partial charge in [-0.15, -0.1) is 11.8 Å². The van der Waals surface area contributed by atoms with Crippen LogP contribution in [-0.2, 0) is 4.74 Å². The van der Waals surface area contributed by atoms with E-state index in [4.69, 9.17) is 4.74 Å². The van der Waals surface area contributed by atoms with Gasteiger partial charge < -0.3 is 9.84 Å². The molecule has 1 aromatic rings. The average Bonchev–Trinajstić information content (AvgIpc) is 2.24. The molecule has 0 bridgehead atoms. The predicted octanol–water partition coefficient (Wildman–Crippen LogP) is 3.01. The summed E-state index contributed by atoms with van der Waals surface area (Å²) in [5.41, 5.74) is 0.393. The number of aliphatic hydroxyl groups excluding tert-OH is 1. The van der Waals surface area contributed by atoms with E-state index in [1.54, 1.807) is 31.9 Å². The number of halogens is 1. The Hall–Kier alpha value is -0.580. The van der Waals surface area contributed by atoms with Gasteiger partial charge in [-0.05, 0) is 25.5 Å². The summed E-state index contributed by atoms with van der Waals surface area (Å²) in [6.07, 6.45) is 0.142. The second kappa shape index (κ2) is 6.89. The number of methoxy groups -OCH3 is 1. The number of hydrogen-bond acceptors (Lipinski definition) is 3. The first-order valence-corrected chi connectivity index (χ1v) is 6.23. The summed E-state index contributed by atoms with van der Waals surface area (Å²) in [6, 6.07) is 4.88. The van der Waals surface area contributed by atoms with E-state index in [2.05, 4.69) is 0 Å². The second-order valence-corrected chi connectivity index (χ2v) is 4.66. The molecule has 0 saturated carbocycles. The van der Waals surface area contributed by atoms with Gasteiger partial charge in [0.2, 0.25) is 0 Å². The zero-order valence-electron chi connectivity index (χ0n) is 9.57. The standard InChI is InChI=1S/C12H17FO2S/c1-9(14)12-10(13)5-3-6-11(12)16-8-4-7-15-2/h3,5-6,9,14H,4,7-8H2,1-2H3. The van der Waals surface area contributed by atoms with E-state index in [1.807, 2.05) is 6.07 Å². The van der Waals surface area contributed by atoms with Crippen LogP contribution in [0.15, 0.2) is 23.1 Å². The molecule has 16 heavy (non-hydrogen) atoms. The van der Waals surface area contributed by atoms with E-state index < -0.39 is 6.10 Å². The summed E-state index contributed by atoms with van der Waals surface area (Å²) in [5.74, 6) is 0.517. The minimum absolute atomic E-state index is 0.341. The zero-order valence-corrected chi connectivity index (χ0v) is 10.4. The van der Waals surface area contributed by atoms with Gasteiger partial charge in [0.15, 0.2) is 0 Å². The van der Waals surface area contributed by atoms with Gasteiger partial charge in [-0.25, -0.2) is 4.39 Å². The summed E-state index contributed by atoms with van der Waals surface area (Å²) < 4.78 is 18.4. The van der Waals surface area contributed by atoms with Crippen molar-refractivity contribution < 1.29 is 14.2 Å². The molecule has 0 fully saturated rings. The Labute approximate surface area is 99.8 Å². The normalized spacial score (nSPS) is 12.8. The Morgan fingerprint density at radius 3 is 2.88 bits per heavy atom. The first-order valence-electron chi connectivity index (χ1n) is 5.25. The summed E-state index contributed by atoms with van der Waals surface area (Å²) in [4.78, 5) is 0.811. The zero-order chi connectivity index (χ0) is 12.0. The molecule has 1 N–H and O–H groups in total. The summed E-state index contributed by atoms with van der Waals surface area (Å²) >= 11 is 1.55. The van der Waals surface area contributed by atoms with Crippen LogP contribution in [0.3, 0.4) is 0 Å². The minimum atomic E-state index is -0.772. The Kier molecular flexibility index (Phi) is 5.80. The Bertz CT molecular complexity index is 329. The molecule has 0 heterocycles. The van der Waals surface area contributed by atoms with Crippen LogP contribution in [0.1, 0.15) is 25.0 Å². The van der Waals surface area contributed by atoms with Crippen molar-refractivity contribution in [3.8, 4) is 0 Å². The first-order chi connectivity index (χ1) is 7.66. The van der Waals surface area contributed by atoms with E-state index in [0.717, 1.165) is 17.1 Å². The number of rotatable bonds is 6. The molecule has 0 aromatic heterocycles. The van der Waals surface area contributed by atoms with Crippen molar-refractivity contribution >= 4 is 11.8 Å². The van der Waals surface area contributed by atoms with Crippen LogP contribution in [0.5, 0.6) is 0 Å². The van der Waals surface area contributed by atoms with E-state index in [0.29, 0.717) is 12.2 Å². The predicted molar refractivity (Wildman–Crippen MR) is 64.3 cm³/mol. The maximum Gasteiger partial charge on any atom is 0.130 e. The third-order valence-electron chi connectivity index (χ3n) is 2.18. The molecule has 2 nitrogen and oxygen atoms in total. The van der Waals surface area contributed by atoms with Gasteiger partial charge in [-0.1, -0.05) is 6.07 Å². The van der Waals surface area contributed by atoms with Crippen molar-refractivity contribution in [2.75, 3.05) is 19.5 Å². The average molecular weight is 244 g/mol. The van der Waals surface area contributed by atoms with Crippen LogP contribution in [0.4, 0.5) is 4.39 Å². The van der Waals surface area contributed by atoms with E-state index in [-0.39, 0.29) is 5.82 Å². The highest BCUT2D eigenvalue weighted by atomic mass is 32.2. The summed E-state index contributed by atoms with van der Waals surface area (Å²) in [5, 5.41) is 9.51. The van der Waals surface area contributed by atoms with Gasteiger partial charge in [0, 0.05) is 29.9 Å². The molecular formula is C12H17FO2S. The Morgan fingerprint density at radius 2 is 2.25 bits per heavy atom. The highest BCUT2D eigenvalue weighted by Gasteiger charge is 2.13. The molecule has 0 spiro atoms. The van der Waals surface area contributed by atoms with Crippen LogP contribution in [0.2, 0.25) is 0 Å². The van der Waals surface area contributed by atoms with Crippen molar-refractivity contribution in [1.82, 2.24) is 0 Å². The monoisotopic (exact) mass is 244 g/mol. The van der Waals surface area contributed by atoms with Crippen molar-refractivity contribution in [2.45, 2.75) is 24.3 Å². The Morgan fingerprint density at radius 1 is 1.50 bits per heavy atom. The fourth-order valence-electron chi connectivity index (χ4n) is 1.43. The third-order valence-corrected chi connectivity index (χ3v) is 3.34. The molecule has 1 rings (SSSR count). The number of thioether (sulfide) groups is 1. The molecule has 90 valence electrons. The molecular weight excluding hydrogens is 227 g/mol. The molecule has 0 saturated heterocycles. The molecule has 4 heteroatoms. The van der Waals surface area contributed by atoms with Gasteiger partial charge >= 0.3 is 0 Å². The van der Waals surface area contributed by atoms with Crippen LogP contribution in [-0.4, -0.2) is 24.6 Å². The number of ether oxygens (including phenoxy) is 1. The number of hydrogen-bond donors (Lipinski definition) is 1. The fourth-order valence-corrected chi connectivity index (χ4v) is 2.51. The van der Waals surface area contributed by atoms with E-state index in [1.165, 1.54) is 6.07 Å².